The van der Waals surface area contributed by atoms with E-state index in [0.29, 0.717) is 0 Å². The lowest BCUT2D eigenvalue weighted by Gasteiger charge is -2.10. The molecule has 0 aliphatic rings. The van der Waals surface area contributed by atoms with Gasteiger partial charge in [0, 0.05) is 10.6 Å². The van der Waals surface area contributed by atoms with Crippen LogP contribution in [0.1, 0.15) is 10.9 Å². The van der Waals surface area contributed by atoms with Gasteiger partial charge in [-0.1, -0.05) is 24.3 Å². The second kappa shape index (κ2) is 4.63. The highest BCUT2D eigenvalue weighted by Crippen LogP contribution is 2.22. The zero-order valence-corrected chi connectivity index (χ0v) is 8.87. The summed E-state index contributed by atoms with van der Waals surface area (Å²) in [4.78, 5) is 1.04. The van der Waals surface area contributed by atoms with Crippen molar-refractivity contribution in [2.24, 2.45) is 0 Å². The number of benzene rings is 1. The highest BCUT2D eigenvalue weighted by Gasteiger charge is 2.10. The van der Waals surface area contributed by atoms with Gasteiger partial charge >= 0.3 is 0 Å². The minimum Gasteiger partial charge on any atom is -0.366 e. The van der Waals surface area contributed by atoms with Gasteiger partial charge in [-0.2, -0.15) is 5.26 Å². The predicted molar refractivity (Wildman–Crippen MR) is 62.7 cm³/mol. The van der Waals surface area contributed by atoms with Crippen LogP contribution in [0, 0.1) is 11.3 Å². The number of thiophene rings is 1. The molecule has 0 bridgehead atoms. The normalized spacial score (nSPS) is 11.7. The first-order valence-corrected chi connectivity index (χ1v) is 5.53. The van der Waals surface area contributed by atoms with Gasteiger partial charge in [-0.25, -0.2) is 0 Å². The molecule has 74 valence electrons. The SMILES string of the molecule is N#C[C@H](Nc1ccccc1)c1cccs1. The molecule has 0 fully saturated rings. The standard InChI is InChI=1S/C12H10N2S/c13-9-11(12-7-4-8-15-12)14-10-5-2-1-3-6-10/h1-8,11,14H/t11-/m0/s1. The van der Waals surface area contributed by atoms with E-state index in [2.05, 4.69) is 11.4 Å². The molecule has 3 heteroatoms. The molecule has 2 rings (SSSR count). The smallest absolute Gasteiger partial charge is 0.149 e. The lowest BCUT2D eigenvalue weighted by atomic mass is 10.2. The van der Waals surface area contributed by atoms with Gasteiger partial charge in [-0.3, -0.25) is 0 Å². The first kappa shape index (κ1) is 9.75. The van der Waals surface area contributed by atoms with Crippen LogP contribution in [0.3, 0.4) is 0 Å². The summed E-state index contributed by atoms with van der Waals surface area (Å²) in [5, 5.41) is 14.2. The Labute approximate surface area is 92.8 Å². The maximum Gasteiger partial charge on any atom is 0.149 e. The summed E-state index contributed by atoms with van der Waals surface area (Å²) in [5.41, 5.74) is 0.970. The summed E-state index contributed by atoms with van der Waals surface area (Å²) in [6.07, 6.45) is 0. The quantitative estimate of drug-likeness (QED) is 0.849. The fourth-order valence-electron chi connectivity index (χ4n) is 1.32. The Morgan fingerprint density at radius 2 is 1.93 bits per heavy atom. The largest absolute Gasteiger partial charge is 0.366 e. The van der Waals surface area contributed by atoms with E-state index in [1.54, 1.807) is 11.3 Å². The van der Waals surface area contributed by atoms with Gasteiger partial charge in [0.1, 0.15) is 6.04 Å². The van der Waals surface area contributed by atoms with Crippen molar-refractivity contribution < 1.29 is 0 Å². The van der Waals surface area contributed by atoms with Crippen molar-refractivity contribution in [1.29, 1.82) is 5.26 Å². The van der Waals surface area contributed by atoms with E-state index < -0.39 is 0 Å². The Kier molecular flexibility index (Phi) is 3.01. The molecule has 0 spiro atoms. The lowest BCUT2D eigenvalue weighted by Crippen LogP contribution is -2.06. The first-order chi connectivity index (χ1) is 7.40. The molecule has 1 N–H and O–H groups in total. The fourth-order valence-corrected chi connectivity index (χ4v) is 2.04. The van der Waals surface area contributed by atoms with Crippen LogP contribution < -0.4 is 5.32 Å². The van der Waals surface area contributed by atoms with E-state index in [-0.39, 0.29) is 6.04 Å². The van der Waals surface area contributed by atoms with Gasteiger partial charge in [0.15, 0.2) is 0 Å². The first-order valence-electron chi connectivity index (χ1n) is 4.65. The van der Waals surface area contributed by atoms with Crippen molar-refractivity contribution in [1.82, 2.24) is 0 Å². The molecule has 0 aliphatic heterocycles. The van der Waals surface area contributed by atoms with Crippen molar-refractivity contribution in [2.45, 2.75) is 6.04 Å². The van der Waals surface area contributed by atoms with E-state index >= 15 is 0 Å². The number of nitrogens with one attached hydrogen (secondary N) is 1. The van der Waals surface area contributed by atoms with E-state index in [4.69, 9.17) is 5.26 Å². The van der Waals surface area contributed by atoms with E-state index in [1.165, 1.54) is 0 Å². The molecular weight excluding hydrogens is 204 g/mol. The summed E-state index contributed by atoms with van der Waals surface area (Å²) in [7, 11) is 0. The molecule has 0 unspecified atom stereocenters. The minimum absolute atomic E-state index is 0.257. The number of nitriles is 1. The average Bonchev–Trinajstić information content (AvgIpc) is 2.81. The molecule has 0 amide bonds. The molecule has 15 heavy (non-hydrogen) atoms. The molecule has 0 saturated carbocycles. The molecule has 1 heterocycles. The second-order valence-electron chi connectivity index (χ2n) is 3.09. The van der Waals surface area contributed by atoms with Gasteiger partial charge in [-0.15, -0.1) is 11.3 Å². The molecule has 1 aromatic carbocycles. The highest BCUT2D eigenvalue weighted by atomic mass is 32.1. The summed E-state index contributed by atoms with van der Waals surface area (Å²) in [6, 6.07) is 15.7. The van der Waals surface area contributed by atoms with Gasteiger partial charge in [0.25, 0.3) is 0 Å². The lowest BCUT2D eigenvalue weighted by molar-refractivity contribution is 1.03. The summed E-state index contributed by atoms with van der Waals surface area (Å²) in [6.45, 7) is 0. The maximum atomic E-state index is 9.05. The second-order valence-corrected chi connectivity index (χ2v) is 4.07. The van der Waals surface area contributed by atoms with Crippen LogP contribution in [0.5, 0.6) is 0 Å². The molecular formula is C12H10N2S. The molecule has 2 nitrogen and oxygen atoms in total. The number of rotatable bonds is 3. The van der Waals surface area contributed by atoms with E-state index in [9.17, 15) is 0 Å². The summed E-state index contributed by atoms with van der Waals surface area (Å²) >= 11 is 1.59. The van der Waals surface area contributed by atoms with Crippen LogP contribution in [0.15, 0.2) is 47.8 Å². The zero-order chi connectivity index (χ0) is 10.5. The topological polar surface area (TPSA) is 35.8 Å². The Hall–Kier alpha value is -1.79. The number of hydrogen-bond donors (Lipinski definition) is 1. The van der Waals surface area contributed by atoms with Crippen molar-refractivity contribution in [2.75, 3.05) is 5.32 Å². The fraction of sp³-hybridized carbons (Fsp3) is 0.0833. The van der Waals surface area contributed by atoms with Crippen LogP contribution >= 0.6 is 11.3 Å². The number of anilines is 1. The molecule has 2 aromatic rings. The third-order valence-corrected chi connectivity index (χ3v) is 2.98. The van der Waals surface area contributed by atoms with E-state index in [0.717, 1.165) is 10.6 Å². The molecule has 1 atom stereocenters. The van der Waals surface area contributed by atoms with Crippen LogP contribution in [0.4, 0.5) is 5.69 Å². The van der Waals surface area contributed by atoms with Crippen molar-refractivity contribution in [3.8, 4) is 6.07 Å². The van der Waals surface area contributed by atoms with E-state index in [1.807, 2.05) is 47.8 Å². The molecule has 0 radical (unpaired) electrons. The zero-order valence-electron chi connectivity index (χ0n) is 8.05. The van der Waals surface area contributed by atoms with Crippen molar-refractivity contribution in [3.05, 3.63) is 52.7 Å². The number of hydrogen-bond acceptors (Lipinski definition) is 3. The third-order valence-electron chi connectivity index (χ3n) is 2.04. The summed E-state index contributed by atoms with van der Waals surface area (Å²) < 4.78 is 0. The Morgan fingerprint density at radius 1 is 1.13 bits per heavy atom. The van der Waals surface area contributed by atoms with Crippen LogP contribution in [0.25, 0.3) is 0 Å². The Balaban J connectivity index is 2.14. The predicted octanol–water partition coefficient (Wildman–Crippen LogP) is 3.42. The van der Waals surface area contributed by atoms with Gasteiger partial charge in [0.2, 0.25) is 0 Å². The van der Waals surface area contributed by atoms with Crippen LogP contribution in [0.2, 0.25) is 0 Å². The average molecular weight is 214 g/mol. The monoisotopic (exact) mass is 214 g/mol. The molecule has 0 saturated heterocycles. The Bertz CT molecular complexity index is 442. The van der Waals surface area contributed by atoms with Gasteiger partial charge in [-0.05, 0) is 23.6 Å². The number of nitrogens with zero attached hydrogens (tertiary/aromatic N) is 1. The summed E-state index contributed by atoms with van der Waals surface area (Å²) in [5.74, 6) is 0. The highest BCUT2D eigenvalue weighted by molar-refractivity contribution is 7.10. The van der Waals surface area contributed by atoms with Crippen molar-refractivity contribution >= 4 is 17.0 Å². The Morgan fingerprint density at radius 3 is 2.53 bits per heavy atom. The molecule has 0 aliphatic carbocycles. The van der Waals surface area contributed by atoms with Crippen molar-refractivity contribution in [3.63, 3.8) is 0 Å². The van der Waals surface area contributed by atoms with Crippen LogP contribution in [-0.4, -0.2) is 0 Å². The number of para-hydroxylation sites is 1. The van der Waals surface area contributed by atoms with Gasteiger partial charge in [0.05, 0.1) is 6.07 Å². The van der Waals surface area contributed by atoms with Crippen LogP contribution in [-0.2, 0) is 0 Å². The molecule has 1 aromatic heterocycles. The third kappa shape index (κ3) is 2.36. The maximum absolute atomic E-state index is 9.05. The van der Waals surface area contributed by atoms with Gasteiger partial charge < -0.3 is 5.32 Å². The minimum atomic E-state index is -0.257.